The quantitative estimate of drug-likeness (QED) is 0.268. The molecule has 238 valence electrons. The van der Waals surface area contributed by atoms with Gasteiger partial charge in [-0.2, -0.15) is 13.2 Å². The molecule has 1 saturated heterocycles. The van der Waals surface area contributed by atoms with Crippen LogP contribution in [0.2, 0.25) is 0 Å². The number of pyridine rings is 1. The maximum absolute atomic E-state index is 15.0. The van der Waals surface area contributed by atoms with Crippen molar-refractivity contribution >= 4 is 28.9 Å². The van der Waals surface area contributed by atoms with E-state index in [0.717, 1.165) is 22.4 Å². The Balaban J connectivity index is 1.14. The number of imidazole rings is 1. The van der Waals surface area contributed by atoms with Crippen molar-refractivity contribution in [1.29, 1.82) is 0 Å². The zero-order chi connectivity index (χ0) is 32.1. The number of nitrogens with zero attached hydrogens (tertiary/aromatic N) is 7. The smallest absolute Gasteiger partial charge is 0.410 e. The summed E-state index contributed by atoms with van der Waals surface area (Å²) < 4.78 is 77.3. The molecule has 15 heteroatoms. The van der Waals surface area contributed by atoms with Gasteiger partial charge in [-0.05, 0) is 51.0 Å². The maximum atomic E-state index is 15.0. The summed E-state index contributed by atoms with van der Waals surface area (Å²) in [6.45, 7) is 8.57. The Morgan fingerprint density at radius 2 is 1.76 bits per heavy atom. The van der Waals surface area contributed by atoms with Gasteiger partial charge in [-0.15, -0.1) is 0 Å². The van der Waals surface area contributed by atoms with E-state index in [-0.39, 0.29) is 53.0 Å². The van der Waals surface area contributed by atoms with E-state index < -0.39 is 29.5 Å². The Hall–Kier alpha value is -4.40. The van der Waals surface area contributed by atoms with E-state index in [1.54, 1.807) is 17.2 Å². The van der Waals surface area contributed by atoms with E-state index in [2.05, 4.69) is 30.2 Å². The highest BCUT2D eigenvalue weighted by Crippen LogP contribution is 2.42. The minimum atomic E-state index is -4.54. The number of hydrogen-bond acceptors (Lipinski definition) is 8. The molecule has 6 rings (SSSR count). The first-order valence-corrected chi connectivity index (χ1v) is 14.5. The number of alkyl halides is 3. The Morgan fingerprint density at radius 3 is 2.42 bits per heavy atom. The molecule has 2 aliphatic heterocycles. The summed E-state index contributed by atoms with van der Waals surface area (Å²) >= 11 is 0. The van der Waals surface area contributed by atoms with Crippen molar-refractivity contribution in [3.8, 4) is 11.3 Å². The molecule has 1 amide bonds. The highest BCUT2D eigenvalue weighted by atomic mass is 19.4. The van der Waals surface area contributed by atoms with Gasteiger partial charge in [-0.1, -0.05) is 6.07 Å². The number of hydrogen-bond donors (Lipinski definition) is 1. The van der Waals surface area contributed by atoms with Crippen LogP contribution in [0.1, 0.15) is 44.6 Å². The molecular formula is C30H31F5N8O2. The van der Waals surface area contributed by atoms with Crippen molar-refractivity contribution in [2.45, 2.75) is 58.0 Å². The molecule has 10 nitrogen and oxygen atoms in total. The van der Waals surface area contributed by atoms with Crippen molar-refractivity contribution in [2.24, 2.45) is 0 Å². The molecule has 1 N–H and O–H groups in total. The fraction of sp³-hybridized carbons (Fsp3) is 0.433. The van der Waals surface area contributed by atoms with E-state index >= 15 is 4.39 Å². The van der Waals surface area contributed by atoms with Gasteiger partial charge in [-0.25, -0.2) is 33.5 Å². The number of rotatable bonds is 5. The van der Waals surface area contributed by atoms with Crippen LogP contribution in [-0.2, 0) is 17.7 Å². The van der Waals surface area contributed by atoms with Gasteiger partial charge in [0.15, 0.2) is 11.6 Å². The van der Waals surface area contributed by atoms with Crippen molar-refractivity contribution in [3.05, 3.63) is 59.7 Å². The first-order valence-electron chi connectivity index (χ1n) is 14.5. The molecule has 4 aromatic rings. The zero-order valence-electron chi connectivity index (χ0n) is 24.8. The van der Waals surface area contributed by atoms with Crippen LogP contribution in [0.5, 0.6) is 0 Å². The first-order chi connectivity index (χ1) is 21.2. The predicted octanol–water partition coefficient (Wildman–Crippen LogP) is 6.01. The Bertz CT molecular complexity index is 1730. The van der Waals surface area contributed by atoms with Gasteiger partial charge in [-0.3, -0.25) is 4.90 Å². The van der Waals surface area contributed by atoms with E-state index in [9.17, 15) is 22.4 Å². The molecule has 1 fully saturated rings. The maximum Gasteiger partial charge on any atom is 0.410 e. The fourth-order valence-corrected chi connectivity index (χ4v) is 5.58. The third kappa shape index (κ3) is 6.53. The number of carbonyl (C=O) groups is 1. The van der Waals surface area contributed by atoms with Gasteiger partial charge < -0.3 is 19.5 Å². The average Bonchev–Trinajstić information content (AvgIpc) is 3.55. The second-order valence-corrected chi connectivity index (χ2v) is 12.1. The Kier molecular flexibility index (Phi) is 7.83. The van der Waals surface area contributed by atoms with Crippen molar-refractivity contribution in [1.82, 2.24) is 34.3 Å². The van der Waals surface area contributed by atoms with Crippen LogP contribution >= 0.6 is 0 Å². The molecule has 2 aliphatic rings. The van der Waals surface area contributed by atoms with Crippen molar-refractivity contribution in [2.75, 3.05) is 31.5 Å². The molecule has 0 spiro atoms. The van der Waals surface area contributed by atoms with Gasteiger partial charge in [0.1, 0.15) is 34.5 Å². The lowest BCUT2D eigenvalue weighted by molar-refractivity contribution is -0.164. The van der Waals surface area contributed by atoms with Gasteiger partial charge in [0.05, 0.1) is 11.7 Å². The summed E-state index contributed by atoms with van der Waals surface area (Å²) in [5.41, 5.74) is -0.227. The second kappa shape index (κ2) is 11.5. The van der Waals surface area contributed by atoms with Crippen LogP contribution in [0.25, 0.3) is 22.3 Å². The fourth-order valence-electron chi connectivity index (χ4n) is 5.58. The van der Waals surface area contributed by atoms with Crippen molar-refractivity contribution < 1.29 is 31.5 Å². The van der Waals surface area contributed by atoms with Gasteiger partial charge in [0, 0.05) is 50.9 Å². The number of fused-ring (bicyclic) bond motifs is 3. The SMILES string of the molecule is CC(C)(C)OC(=O)N1CCN(Cc2ccc(Nc3ncc(F)c(-c4cc(F)c5nc6n(c5c4)[C@H](C(F)(F)F)CC6)n3)nc2)CC1. The van der Waals surface area contributed by atoms with E-state index in [4.69, 9.17) is 4.74 Å². The van der Waals surface area contributed by atoms with E-state index in [1.165, 1.54) is 6.07 Å². The van der Waals surface area contributed by atoms with E-state index in [0.29, 0.717) is 38.5 Å². The number of anilines is 2. The topological polar surface area (TPSA) is 101 Å². The summed E-state index contributed by atoms with van der Waals surface area (Å²) in [6, 6.07) is 4.01. The minimum absolute atomic E-state index is 0.0305. The molecule has 0 radical (unpaired) electrons. The number of halogens is 5. The number of ether oxygens (including phenoxy) is 1. The molecular weight excluding hydrogens is 599 g/mol. The lowest BCUT2D eigenvalue weighted by atomic mass is 10.1. The molecule has 5 heterocycles. The second-order valence-electron chi connectivity index (χ2n) is 12.1. The molecule has 0 bridgehead atoms. The number of nitrogens with one attached hydrogen (secondary N) is 1. The number of benzene rings is 1. The summed E-state index contributed by atoms with van der Waals surface area (Å²) in [7, 11) is 0. The molecule has 0 saturated carbocycles. The first kappa shape index (κ1) is 30.6. The lowest BCUT2D eigenvalue weighted by Crippen LogP contribution is -2.49. The summed E-state index contributed by atoms with van der Waals surface area (Å²) in [4.78, 5) is 32.8. The third-order valence-electron chi connectivity index (χ3n) is 7.66. The number of amides is 1. The summed E-state index contributed by atoms with van der Waals surface area (Å²) in [6.07, 6.45) is -2.43. The summed E-state index contributed by atoms with van der Waals surface area (Å²) in [5.74, 6) is -1.28. The van der Waals surface area contributed by atoms with Crippen LogP contribution < -0.4 is 5.32 Å². The molecule has 1 aromatic carbocycles. The number of carbonyl (C=O) groups excluding carboxylic acids is 1. The molecule has 1 atom stereocenters. The van der Waals surface area contributed by atoms with Gasteiger partial charge in [0.25, 0.3) is 0 Å². The molecule has 0 aliphatic carbocycles. The number of aryl methyl sites for hydroxylation is 1. The van der Waals surface area contributed by atoms with Crippen LogP contribution in [0.15, 0.2) is 36.7 Å². The van der Waals surface area contributed by atoms with E-state index in [1.807, 2.05) is 26.8 Å². The highest BCUT2D eigenvalue weighted by molar-refractivity contribution is 5.83. The lowest BCUT2D eigenvalue weighted by Gasteiger charge is -2.35. The number of aromatic nitrogens is 5. The van der Waals surface area contributed by atoms with Gasteiger partial charge in [0.2, 0.25) is 5.95 Å². The molecule has 45 heavy (non-hydrogen) atoms. The van der Waals surface area contributed by atoms with Crippen LogP contribution in [0, 0.1) is 11.6 Å². The Labute approximate surface area is 255 Å². The monoisotopic (exact) mass is 630 g/mol. The highest BCUT2D eigenvalue weighted by Gasteiger charge is 2.45. The van der Waals surface area contributed by atoms with Crippen LogP contribution in [0.4, 0.5) is 38.5 Å². The molecule has 0 unspecified atom stereocenters. The Morgan fingerprint density at radius 1 is 1.00 bits per heavy atom. The predicted molar refractivity (Wildman–Crippen MR) is 155 cm³/mol. The molecule has 3 aromatic heterocycles. The van der Waals surface area contributed by atoms with Gasteiger partial charge >= 0.3 is 12.3 Å². The standard InChI is InChI=1S/C30H31F5N8O2/c1-29(2,3)45-28(44)42-10-8-41(9-11-42)16-17-4-6-23(36-14-17)38-27-37-15-20(32)25(40-27)18-12-19(31)26-21(13-18)43-22(30(33,34)35)5-7-24(43)39-26/h4,6,12-15,22H,5,7-11,16H2,1-3H3,(H,36,37,38,40)/t22-/m0/s1. The van der Waals surface area contributed by atoms with Crippen molar-refractivity contribution in [3.63, 3.8) is 0 Å². The largest absolute Gasteiger partial charge is 0.444 e. The number of piperazine rings is 1. The average molecular weight is 631 g/mol. The zero-order valence-corrected chi connectivity index (χ0v) is 24.8. The normalized spacial score (nSPS) is 17.5. The van der Waals surface area contributed by atoms with Crippen LogP contribution in [0.3, 0.4) is 0 Å². The third-order valence-corrected chi connectivity index (χ3v) is 7.66. The van der Waals surface area contributed by atoms with Crippen LogP contribution in [-0.4, -0.2) is 78.4 Å². The minimum Gasteiger partial charge on any atom is -0.444 e. The summed E-state index contributed by atoms with van der Waals surface area (Å²) in [5, 5.41) is 2.89.